The van der Waals surface area contributed by atoms with Crippen molar-refractivity contribution in [2.24, 2.45) is 5.92 Å². The molecule has 0 spiro atoms. The predicted molar refractivity (Wildman–Crippen MR) is 121 cm³/mol. The van der Waals surface area contributed by atoms with Crippen LogP contribution in [0.25, 0.3) is 0 Å². The number of piperazine rings is 1. The zero-order valence-corrected chi connectivity index (χ0v) is 20.5. The number of sulfone groups is 1. The van der Waals surface area contributed by atoms with Crippen LogP contribution in [0.1, 0.15) is 40.0 Å². The Balaban J connectivity index is 1.47. The van der Waals surface area contributed by atoms with Crippen LogP contribution >= 0.6 is 0 Å². The van der Waals surface area contributed by atoms with Crippen molar-refractivity contribution >= 4 is 21.7 Å². The van der Waals surface area contributed by atoms with Gasteiger partial charge in [-0.25, -0.2) is 17.6 Å². The van der Waals surface area contributed by atoms with Gasteiger partial charge in [0.25, 0.3) is 0 Å². The number of halogens is 1. The van der Waals surface area contributed by atoms with Crippen LogP contribution in [0, 0.1) is 11.7 Å². The monoisotopic (exact) mass is 484 g/mol. The van der Waals surface area contributed by atoms with Gasteiger partial charge in [0.15, 0.2) is 21.4 Å². The second-order valence-corrected chi connectivity index (χ2v) is 11.8. The molecule has 10 heteroatoms. The maximum Gasteiger partial charge on any atom is 0.410 e. The molecule has 33 heavy (non-hydrogen) atoms. The number of carbonyl (C=O) groups is 2. The molecule has 1 heterocycles. The van der Waals surface area contributed by atoms with Gasteiger partial charge in [0.2, 0.25) is 0 Å². The molecule has 0 aromatic heterocycles. The molecule has 0 unspecified atom stereocenters. The molecule has 0 radical (unpaired) electrons. The second kappa shape index (κ2) is 9.97. The quantitative estimate of drug-likeness (QED) is 0.634. The summed E-state index contributed by atoms with van der Waals surface area (Å²) in [5, 5.41) is 0. The summed E-state index contributed by atoms with van der Waals surface area (Å²) >= 11 is 0. The van der Waals surface area contributed by atoms with Gasteiger partial charge in [-0.15, -0.1) is 0 Å². The molecule has 8 nitrogen and oxygen atoms in total. The van der Waals surface area contributed by atoms with Crippen LogP contribution in [-0.4, -0.2) is 80.8 Å². The minimum absolute atomic E-state index is 0.0183. The number of ketones is 1. The number of ether oxygens (including phenoxy) is 2. The lowest BCUT2D eigenvalue weighted by atomic mass is 9.84. The van der Waals surface area contributed by atoms with E-state index >= 15 is 0 Å². The van der Waals surface area contributed by atoms with Gasteiger partial charge >= 0.3 is 6.09 Å². The summed E-state index contributed by atoms with van der Waals surface area (Å²) in [4.78, 5) is 28.7. The molecular formula is C23H33FN2O6S. The normalized spacial score (nSPS) is 22.8. The standard InChI is InChI=1S/C23H33FN2O6S/c1-23(2,3)32-22(28)26-11-9-25(10-12-26)19-7-5-16(13-20(19)27)15-31-21-8-6-17(14-18(21)24)33(4,29)30/h6,8,14,16,19H,5,7,9-13,15H2,1-4H3/t16-,19-/m0/s1. The van der Waals surface area contributed by atoms with Crippen LogP contribution in [0.2, 0.25) is 0 Å². The van der Waals surface area contributed by atoms with Crippen molar-refractivity contribution in [1.82, 2.24) is 9.80 Å². The van der Waals surface area contributed by atoms with Crippen molar-refractivity contribution in [3.63, 3.8) is 0 Å². The first kappa shape index (κ1) is 25.4. The van der Waals surface area contributed by atoms with Gasteiger partial charge in [-0.3, -0.25) is 9.69 Å². The number of amides is 1. The lowest BCUT2D eigenvalue weighted by molar-refractivity contribution is -0.128. The van der Waals surface area contributed by atoms with Crippen molar-refractivity contribution in [3.8, 4) is 5.75 Å². The van der Waals surface area contributed by atoms with Crippen LogP contribution in [0.4, 0.5) is 9.18 Å². The van der Waals surface area contributed by atoms with Crippen molar-refractivity contribution in [3.05, 3.63) is 24.0 Å². The molecule has 184 valence electrons. The Labute approximate surface area is 194 Å². The Bertz CT molecular complexity index is 983. The van der Waals surface area contributed by atoms with Gasteiger partial charge in [0.1, 0.15) is 11.4 Å². The maximum atomic E-state index is 14.2. The fourth-order valence-corrected chi connectivity index (χ4v) is 4.82. The highest BCUT2D eigenvalue weighted by molar-refractivity contribution is 7.90. The number of carbonyl (C=O) groups excluding carboxylic acids is 2. The molecule has 2 atom stereocenters. The first-order valence-corrected chi connectivity index (χ1v) is 13.1. The molecule has 1 aliphatic carbocycles. The summed E-state index contributed by atoms with van der Waals surface area (Å²) < 4.78 is 48.2. The smallest absolute Gasteiger partial charge is 0.410 e. The summed E-state index contributed by atoms with van der Waals surface area (Å²) in [5.41, 5.74) is -0.538. The summed E-state index contributed by atoms with van der Waals surface area (Å²) in [6, 6.07) is 3.40. The average molecular weight is 485 g/mol. The number of rotatable bonds is 5. The number of Topliss-reactive ketones (excluding diaryl/α,β-unsaturated/α-hetero) is 1. The molecular weight excluding hydrogens is 451 g/mol. The molecule has 1 aromatic rings. The lowest BCUT2D eigenvalue weighted by Gasteiger charge is -2.41. The van der Waals surface area contributed by atoms with E-state index in [4.69, 9.17) is 9.47 Å². The molecule has 0 bridgehead atoms. The molecule has 2 fully saturated rings. The number of benzene rings is 1. The number of hydrogen-bond donors (Lipinski definition) is 0. The summed E-state index contributed by atoms with van der Waals surface area (Å²) in [7, 11) is -3.49. The third-order valence-electron chi connectivity index (χ3n) is 5.92. The first-order valence-electron chi connectivity index (χ1n) is 11.2. The Morgan fingerprint density at radius 3 is 2.36 bits per heavy atom. The van der Waals surface area contributed by atoms with Gasteiger partial charge in [0, 0.05) is 38.9 Å². The molecule has 0 N–H and O–H groups in total. The fraction of sp³-hybridized carbons (Fsp3) is 0.652. The Morgan fingerprint density at radius 2 is 1.82 bits per heavy atom. The molecule has 1 aliphatic heterocycles. The third kappa shape index (κ3) is 6.89. The van der Waals surface area contributed by atoms with Gasteiger partial charge in [-0.05, 0) is 57.7 Å². The highest BCUT2D eigenvalue weighted by Gasteiger charge is 2.35. The van der Waals surface area contributed by atoms with E-state index in [0.29, 0.717) is 39.0 Å². The molecule has 1 saturated carbocycles. The van der Waals surface area contributed by atoms with Gasteiger partial charge in [-0.2, -0.15) is 0 Å². The molecule has 1 amide bonds. The molecule has 2 aliphatic rings. The van der Waals surface area contributed by atoms with E-state index in [2.05, 4.69) is 4.90 Å². The fourth-order valence-electron chi connectivity index (χ4n) is 4.19. The molecule has 1 aromatic carbocycles. The summed E-state index contributed by atoms with van der Waals surface area (Å²) in [5.74, 6) is -0.643. The van der Waals surface area contributed by atoms with Crippen LogP contribution in [0.15, 0.2) is 23.1 Å². The van der Waals surface area contributed by atoms with Crippen molar-refractivity contribution < 1.29 is 31.9 Å². The first-order chi connectivity index (χ1) is 15.3. The van der Waals surface area contributed by atoms with Crippen LogP contribution < -0.4 is 4.74 Å². The van der Waals surface area contributed by atoms with Crippen molar-refractivity contribution in [2.75, 3.05) is 39.0 Å². The van der Waals surface area contributed by atoms with Gasteiger partial charge in [-0.1, -0.05) is 0 Å². The largest absolute Gasteiger partial charge is 0.490 e. The Hall–Kier alpha value is -2.20. The van der Waals surface area contributed by atoms with E-state index in [1.165, 1.54) is 12.1 Å². The van der Waals surface area contributed by atoms with Gasteiger partial charge < -0.3 is 14.4 Å². The summed E-state index contributed by atoms with van der Waals surface area (Å²) in [6.07, 6.45) is 2.50. The van der Waals surface area contributed by atoms with Crippen molar-refractivity contribution in [2.45, 2.75) is 56.6 Å². The average Bonchev–Trinajstić information content (AvgIpc) is 2.71. The lowest BCUT2D eigenvalue weighted by Crippen LogP contribution is -2.55. The van der Waals surface area contributed by atoms with E-state index in [9.17, 15) is 22.4 Å². The van der Waals surface area contributed by atoms with E-state index in [1.54, 1.807) is 4.90 Å². The SMILES string of the molecule is CC(C)(C)OC(=O)N1CCN([C@H]2CC[C@H](COc3ccc(S(C)(=O)=O)cc3F)CC2=O)CC1. The van der Waals surface area contributed by atoms with Crippen LogP contribution in [0.3, 0.4) is 0 Å². The van der Waals surface area contributed by atoms with Gasteiger partial charge in [0.05, 0.1) is 17.5 Å². The zero-order valence-electron chi connectivity index (χ0n) is 19.7. The molecule has 3 rings (SSSR count). The third-order valence-corrected chi connectivity index (χ3v) is 7.03. The van der Waals surface area contributed by atoms with E-state index in [1.807, 2.05) is 20.8 Å². The highest BCUT2D eigenvalue weighted by Crippen LogP contribution is 2.28. The minimum atomic E-state index is -3.49. The van der Waals surface area contributed by atoms with Crippen LogP contribution in [-0.2, 0) is 19.4 Å². The Morgan fingerprint density at radius 1 is 1.15 bits per heavy atom. The summed E-state index contributed by atoms with van der Waals surface area (Å²) in [6.45, 7) is 7.98. The highest BCUT2D eigenvalue weighted by atomic mass is 32.2. The maximum absolute atomic E-state index is 14.2. The number of hydrogen-bond acceptors (Lipinski definition) is 7. The van der Waals surface area contributed by atoms with E-state index < -0.39 is 21.3 Å². The van der Waals surface area contributed by atoms with E-state index in [0.717, 1.165) is 18.7 Å². The topological polar surface area (TPSA) is 93.2 Å². The van der Waals surface area contributed by atoms with E-state index in [-0.39, 0.29) is 41.1 Å². The second-order valence-electron chi connectivity index (χ2n) is 9.81. The minimum Gasteiger partial charge on any atom is -0.490 e. The number of nitrogens with zero attached hydrogens (tertiary/aromatic N) is 2. The predicted octanol–water partition coefficient (Wildman–Crippen LogP) is 2.90. The molecule has 1 saturated heterocycles. The Kier molecular flexibility index (Phi) is 7.68. The zero-order chi connectivity index (χ0) is 24.4. The van der Waals surface area contributed by atoms with Crippen LogP contribution in [0.5, 0.6) is 5.75 Å². The van der Waals surface area contributed by atoms with Crippen molar-refractivity contribution in [1.29, 1.82) is 0 Å².